The number of para-hydroxylation sites is 2. The molecule has 0 atom stereocenters. The number of carbonyl (C=O) groups is 2. The smallest absolute Gasteiger partial charge is 0.257 e. The number of aromatic amines is 1. The molecule has 3 aromatic carbocycles. The number of fused-ring (bicyclic) bond motifs is 1. The van der Waals surface area contributed by atoms with Crippen LogP contribution in [0.3, 0.4) is 0 Å². The van der Waals surface area contributed by atoms with E-state index in [1.807, 2.05) is 72.3 Å². The van der Waals surface area contributed by atoms with E-state index in [1.54, 1.807) is 24.3 Å². The maximum atomic E-state index is 12.5. The van der Waals surface area contributed by atoms with E-state index in [0.717, 1.165) is 27.7 Å². The molecule has 0 radical (unpaired) electrons. The van der Waals surface area contributed by atoms with Gasteiger partial charge in [0.25, 0.3) is 5.91 Å². The molecule has 0 saturated heterocycles. The van der Waals surface area contributed by atoms with Gasteiger partial charge in [0.15, 0.2) is 11.0 Å². The summed E-state index contributed by atoms with van der Waals surface area (Å²) in [6.45, 7) is 2.02. The van der Waals surface area contributed by atoms with Crippen molar-refractivity contribution in [1.29, 1.82) is 0 Å². The van der Waals surface area contributed by atoms with Crippen LogP contribution in [-0.4, -0.2) is 37.3 Å². The van der Waals surface area contributed by atoms with Gasteiger partial charge in [0.1, 0.15) is 0 Å². The van der Waals surface area contributed by atoms with Crippen molar-refractivity contribution < 1.29 is 9.59 Å². The van der Waals surface area contributed by atoms with Gasteiger partial charge in [-0.25, -0.2) is 0 Å². The number of nitrogens with zero attached hydrogens (tertiary/aromatic N) is 3. The summed E-state index contributed by atoms with van der Waals surface area (Å²) in [6.07, 6.45) is 1.92. The number of amides is 2. The number of H-pyrrole nitrogens is 1. The Morgan fingerprint density at radius 3 is 2.50 bits per heavy atom. The molecule has 2 aromatic heterocycles. The van der Waals surface area contributed by atoms with Crippen molar-refractivity contribution in [2.24, 2.45) is 0 Å². The van der Waals surface area contributed by atoms with Crippen molar-refractivity contribution in [3.63, 3.8) is 0 Å². The minimum atomic E-state index is -0.425. The lowest BCUT2D eigenvalue weighted by atomic mass is 10.1. The first-order valence-electron chi connectivity index (χ1n) is 10.7. The van der Waals surface area contributed by atoms with E-state index in [9.17, 15) is 9.59 Å². The molecule has 7 nitrogen and oxygen atoms in total. The van der Waals surface area contributed by atoms with Crippen LogP contribution in [0.25, 0.3) is 28.0 Å². The number of imide groups is 1. The molecule has 0 aliphatic heterocycles. The third-order valence-electron chi connectivity index (χ3n) is 5.44. The maximum Gasteiger partial charge on any atom is 0.257 e. The number of benzene rings is 3. The molecule has 8 heteroatoms. The van der Waals surface area contributed by atoms with Crippen molar-refractivity contribution in [2.75, 3.05) is 5.75 Å². The average Bonchev–Trinajstić information content (AvgIpc) is 3.47. The largest absolute Gasteiger partial charge is 0.360 e. The third-order valence-corrected chi connectivity index (χ3v) is 6.37. The van der Waals surface area contributed by atoms with Crippen LogP contribution in [0.5, 0.6) is 0 Å². The van der Waals surface area contributed by atoms with Gasteiger partial charge in [0, 0.05) is 28.2 Å². The summed E-state index contributed by atoms with van der Waals surface area (Å²) >= 11 is 1.23. The Morgan fingerprint density at radius 2 is 1.68 bits per heavy atom. The van der Waals surface area contributed by atoms with Gasteiger partial charge >= 0.3 is 0 Å². The highest BCUT2D eigenvalue weighted by molar-refractivity contribution is 7.99. The number of rotatable bonds is 6. The summed E-state index contributed by atoms with van der Waals surface area (Å²) in [5, 5.41) is 12.9. The molecule has 5 rings (SSSR count). The number of aromatic nitrogens is 4. The molecule has 2 amide bonds. The summed E-state index contributed by atoms with van der Waals surface area (Å²) in [5.74, 6) is -0.121. The van der Waals surface area contributed by atoms with Crippen molar-refractivity contribution in [3.8, 4) is 17.1 Å². The molecule has 0 fully saturated rings. The second-order valence-electron chi connectivity index (χ2n) is 7.71. The second kappa shape index (κ2) is 9.36. The highest BCUT2D eigenvalue weighted by Gasteiger charge is 2.21. The van der Waals surface area contributed by atoms with Gasteiger partial charge < -0.3 is 4.98 Å². The van der Waals surface area contributed by atoms with Crippen LogP contribution in [0, 0.1) is 6.92 Å². The summed E-state index contributed by atoms with van der Waals surface area (Å²) in [4.78, 5) is 28.1. The van der Waals surface area contributed by atoms with E-state index in [2.05, 4.69) is 20.5 Å². The summed E-state index contributed by atoms with van der Waals surface area (Å²) in [7, 11) is 0. The summed E-state index contributed by atoms with van der Waals surface area (Å²) in [5.41, 5.74) is 4.34. The zero-order valence-electron chi connectivity index (χ0n) is 18.4. The van der Waals surface area contributed by atoms with E-state index in [4.69, 9.17) is 0 Å². The fourth-order valence-electron chi connectivity index (χ4n) is 3.78. The van der Waals surface area contributed by atoms with Crippen LogP contribution in [0.1, 0.15) is 15.9 Å². The SMILES string of the molecule is Cc1ccccc1-n1c(SCC(=O)NC(=O)c2ccccc2)nnc1-c1c[nH]c2ccccc12. The Morgan fingerprint density at radius 1 is 0.941 bits per heavy atom. The number of nitrogens with one attached hydrogen (secondary N) is 2. The zero-order chi connectivity index (χ0) is 23.5. The minimum absolute atomic E-state index is 0.0243. The Labute approximate surface area is 200 Å². The van der Waals surface area contributed by atoms with Gasteiger partial charge in [-0.3, -0.25) is 19.5 Å². The van der Waals surface area contributed by atoms with Crippen LogP contribution in [0.4, 0.5) is 0 Å². The molecule has 0 bridgehead atoms. The summed E-state index contributed by atoms with van der Waals surface area (Å²) in [6, 6.07) is 24.6. The molecule has 2 heterocycles. The van der Waals surface area contributed by atoms with Crippen LogP contribution >= 0.6 is 11.8 Å². The first-order valence-corrected chi connectivity index (χ1v) is 11.7. The predicted octanol–water partition coefficient (Wildman–Crippen LogP) is 4.77. The Bertz CT molecular complexity index is 1490. The van der Waals surface area contributed by atoms with Crippen LogP contribution in [0.2, 0.25) is 0 Å². The fraction of sp³-hybridized carbons (Fsp3) is 0.0769. The van der Waals surface area contributed by atoms with Gasteiger partial charge in [0.2, 0.25) is 5.91 Å². The first kappa shape index (κ1) is 21.7. The normalized spacial score (nSPS) is 11.0. The predicted molar refractivity (Wildman–Crippen MR) is 133 cm³/mol. The Kier molecular flexibility index (Phi) is 5.97. The van der Waals surface area contributed by atoms with E-state index in [-0.39, 0.29) is 5.75 Å². The van der Waals surface area contributed by atoms with Crippen molar-refractivity contribution >= 4 is 34.5 Å². The standard InChI is InChI=1S/C26H21N5O2S/c1-17-9-5-8-14-22(17)31-24(20-15-27-21-13-7-6-12-19(20)21)29-30-26(31)34-16-23(32)28-25(33)18-10-3-2-4-11-18/h2-15,27H,16H2,1H3,(H,28,32,33). The van der Waals surface area contributed by atoms with Crippen molar-refractivity contribution in [3.05, 3.63) is 96.2 Å². The number of hydrogen-bond acceptors (Lipinski definition) is 5. The van der Waals surface area contributed by atoms with E-state index < -0.39 is 11.8 Å². The lowest BCUT2D eigenvalue weighted by Crippen LogP contribution is -2.31. The minimum Gasteiger partial charge on any atom is -0.360 e. The molecule has 0 aliphatic carbocycles. The van der Waals surface area contributed by atoms with E-state index in [0.29, 0.717) is 16.5 Å². The van der Waals surface area contributed by atoms with Crippen LogP contribution in [-0.2, 0) is 4.79 Å². The topological polar surface area (TPSA) is 92.7 Å². The first-order chi connectivity index (χ1) is 16.6. The van der Waals surface area contributed by atoms with Gasteiger partial charge in [-0.05, 0) is 36.8 Å². The van der Waals surface area contributed by atoms with Crippen LogP contribution < -0.4 is 5.32 Å². The van der Waals surface area contributed by atoms with Gasteiger partial charge in [-0.1, -0.05) is 66.4 Å². The molecule has 34 heavy (non-hydrogen) atoms. The number of aryl methyl sites for hydroxylation is 1. The molecule has 5 aromatic rings. The van der Waals surface area contributed by atoms with E-state index in [1.165, 1.54) is 11.8 Å². The lowest BCUT2D eigenvalue weighted by Gasteiger charge is -2.12. The molecular weight excluding hydrogens is 446 g/mol. The Balaban J connectivity index is 1.45. The molecule has 0 aliphatic rings. The molecule has 0 unspecified atom stereocenters. The molecule has 0 saturated carbocycles. The zero-order valence-corrected chi connectivity index (χ0v) is 19.2. The highest BCUT2D eigenvalue weighted by atomic mass is 32.2. The summed E-state index contributed by atoms with van der Waals surface area (Å²) < 4.78 is 1.96. The monoisotopic (exact) mass is 467 g/mol. The second-order valence-corrected chi connectivity index (χ2v) is 8.65. The molecular formula is C26H21N5O2S. The quantitative estimate of drug-likeness (QED) is 0.351. The molecule has 168 valence electrons. The fourth-order valence-corrected chi connectivity index (χ4v) is 4.53. The van der Waals surface area contributed by atoms with Crippen molar-refractivity contribution in [2.45, 2.75) is 12.1 Å². The van der Waals surface area contributed by atoms with Gasteiger partial charge in [-0.2, -0.15) is 0 Å². The Hall–Kier alpha value is -4.17. The van der Waals surface area contributed by atoms with Crippen LogP contribution in [0.15, 0.2) is 90.2 Å². The maximum absolute atomic E-state index is 12.5. The number of hydrogen-bond donors (Lipinski definition) is 2. The highest BCUT2D eigenvalue weighted by Crippen LogP contribution is 2.33. The van der Waals surface area contributed by atoms with Gasteiger partial charge in [0.05, 0.1) is 11.4 Å². The third kappa shape index (κ3) is 4.23. The van der Waals surface area contributed by atoms with E-state index >= 15 is 0 Å². The number of thioether (sulfide) groups is 1. The lowest BCUT2D eigenvalue weighted by molar-refractivity contribution is -0.117. The van der Waals surface area contributed by atoms with Gasteiger partial charge in [-0.15, -0.1) is 10.2 Å². The number of carbonyl (C=O) groups excluding carboxylic acids is 2. The molecule has 2 N–H and O–H groups in total. The average molecular weight is 468 g/mol. The molecule has 0 spiro atoms. The van der Waals surface area contributed by atoms with Crippen molar-refractivity contribution in [1.82, 2.24) is 25.1 Å².